The zero-order valence-corrected chi connectivity index (χ0v) is 12.4. The lowest BCUT2D eigenvalue weighted by molar-refractivity contribution is 0.177. The van der Waals surface area contributed by atoms with Crippen LogP contribution in [0.4, 0.5) is 0 Å². The lowest BCUT2D eigenvalue weighted by Crippen LogP contribution is -2.48. The van der Waals surface area contributed by atoms with Gasteiger partial charge in [0.2, 0.25) is 0 Å². The van der Waals surface area contributed by atoms with Crippen molar-refractivity contribution in [3.8, 4) is 5.75 Å². The molecule has 2 saturated heterocycles. The van der Waals surface area contributed by atoms with Gasteiger partial charge in [-0.3, -0.25) is 4.90 Å². The highest BCUT2D eigenvalue weighted by molar-refractivity contribution is 5.26. The molecule has 2 heterocycles. The second-order valence-corrected chi connectivity index (χ2v) is 6.43. The number of benzene rings is 1. The van der Waals surface area contributed by atoms with Crippen molar-refractivity contribution < 1.29 is 5.11 Å². The summed E-state index contributed by atoms with van der Waals surface area (Å²) in [6.45, 7) is 4.85. The predicted molar refractivity (Wildman–Crippen MR) is 82.0 cm³/mol. The largest absolute Gasteiger partial charge is 0.508 e. The van der Waals surface area contributed by atoms with Crippen LogP contribution in [0.5, 0.6) is 5.75 Å². The Morgan fingerprint density at radius 1 is 1.20 bits per heavy atom. The molecule has 1 aromatic rings. The smallest absolute Gasteiger partial charge is 0.115 e. The summed E-state index contributed by atoms with van der Waals surface area (Å²) < 4.78 is 0. The van der Waals surface area contributed by atoms with Crippen molar-refractivity contribution in [3.63, 3.8) is 0 Å². The van der Waals surface area contributed by atoms with E-state index in [2.05, 4.69) is 17.1 Å². The van der Waals surface area contributed by atoms with Gasteiger partial charge in [-0.25, -0.2) is 0 Å². The van der Waals surface area contributed by atoms with Crippen LogP contribution < -0.4 is 5.32 Å². The minimum absolute atomic E-state index is 0.350. The van der Waals surface area contributed by atoms with E-state index in [1.165, 1.54) is 44.3 Å². The molecule has 110 valence electrons. The molecule has 0 spiro atoms. The van der Waals surface area contributed by atoms with Gasteiger partial charge in [0.25, 0.3) is 0 Å². The second-order valence-electron chi connectivity index (χ2n) is 6.43. The van der Waals surface area contributed by atoms with Crippen LogP contribution in [0.1, 0.15) is 38.2 Å². The molecule has 2 fully saturated rings. The Labute approximate surface area is 122 Å². The van der Waals surface area contributed by atoms with E-state index in [0.29, 0.717) is 17.8 Å². The predicted octanol–water partition coefficient (Wildman–Crippen LogP) is 2.54. The van der Waals surface area contributed by atoms with E-state index in [4.69, 9.17) is 0 Å². The molecule has 3 atom stereocenters. The summed E-state index contributed by atoms with van der Waals surface area (Å²) in [4.78, 5) is 2.68. The van der Waals surface area contributed by atoms with Crippen molar-refractivity contribution in [3.05, 3.63) is 29.8 Å². The fourth-order valence-corrected chi connectivity index (χ4v) is 3.85. The molecule has 3 nitrogen and oxygen atoms in total. The molecule has 2 aliphatic rings. The molecule has 20 heavy (non-hydrogen) atoms. The summed E-state index contributed by atoms with van der Waals surface area (Å²) in [7, 11) is 0. The molecule has 0 amide bonds. The highest BCUT2D eigenvalue weighted by Crippen LogP contribution is 2.27. The lowest BCUT2D eigenvalue weighted by Gasteiger charge is -2.33. The van der Waals surface area contributed by atoms with Crippen LogP contribution in [0.2, 0.25) is 0 Å². The molecule has 2 aliphatic heterocycles. The Bertz CT molecular complexity index is 431. The van der Waals surface area contributed by atoms with E-state index in [1.807, 2.05) is 12.1 Å². The number of fused-ring (bicyclic) bond motifs is 1. The highest BCUT2D eigenvalue weighted by atomic mass is 16.3. The van der Waals surface area contributed by atoms with E-state index in [9.17, 15) is 5.11 Å². The molecule has 0 aliphatic carbocycles. The average Bonchev–Trinajstić information content (AvgIpc) is 2.85. The first-order valence-corrected chi connectivity index (χ1v) is 8.00. The summed E-state index contributed by atoms with van der Waals surface area (Å²) >= 11 is 0. The first-order valence-electron chi connectivity index (χ1n) is 8.00. The molecular weight excluding hydrogens is 248 g/mol. The van der Waals surface area contributed by atoms with Crippen LogP contribution in [0.25, 0.3) is 0 Å². The molecule has 0 saturated carbocycles. The first-order chi connectivity index (χ1) is 9.72. The van der Waals surface area contributed by atoms with Crippen LogP contribution in [0.3, 0.4) is 0 Å². The molecule has 0 bridgehead atoms. The van der Waals surface area contributed by atoms with E-state index in [1.54, 1.807) is 12.1 Å². The number of hydrogen-bond acceptors (Lipinski definition) is 3. The Morgan fingerprint density at radius 3 is 2.80 bits per heavy atom. The maximum absolute atomic E-state index is 9.33. The molecule has 3 rings (SSSR count). The minimum Gasteiger partial charge on any atom is -0.508 e. The lowest BCUT2D eigenvalue weighted by atomic mass is 9.97. The van der Waals surface area contributed by atoms with Gasteiger partial charge >= 0.3 is 0 Å². The minimum atomic E-state index is 0.350. The van der Waals surface area contributed by atoms with Gasteiger partial charge in [0.1, 0.15) is 5.75 Å². The van der Waals surface area contributed by atoms with Crippen molar-refractivity contribution in [1.29, 1.82) is 0 Å². The van der Waals surface area contributed by atoms with Crippen molar-refractivity contribution >= 4 is 0 Å². The number of nitrogens with one attached hydrogen (secondary N) is 1. The van der Waals surface area contributed by atoms with Gasteiger partial charge in [-0.05, 0) is 56.8 Å². The Morgan fingerprint density at radius 2 is 2.00 bits per heavy atom. The van der Waals surface area contributed by atoms with Crippen molar-refractivity contribution in [2.45, 2.75) is 57.2 Å². The van der Waals surface area contributed by atoms with E-state index < -0.39 is 0 Å². The van der Waals surface area contributed by atoms with Gasteiger partial charge in [0.05, 0.1) is 0 Å². The Balaban J connectivity index is 1.53. The summed E-state index contributed by atoms with van der Waals surface area (Å²) in [5.74, 6) is 0.350. The fraction of sp³-hybridized carbons (Fsp3) is 0.647. The van der Waals surface area contributed by atoms with Crippen LogP contribution in [0.15, 0.2) is 24.3 Å². The Kier molecular flexibility index (Phi) is 4.27. The number of nitrogens with zero attached hydrogens (tertiary/aromatic N) is 1. The number of phenolic OH excluding ortho intramolecular Hbond substituents is 1. The fourth-order valence-electron chi connectivity index (χ4n) is 3.85. The van der Waals surface area contributed by atoms with Crippen LogP contribution in [-0.4, -0.2) is 41.2 Å². The maximum Gasteiger partial charge on any atom is 0.115 e. The highest BCUT2D eigenvalue weighted by Gasteiger charge is 2.35. The van der Waals surface area contributed by atoms with Crippen LogP contribution >= 0.6 is 0 Å². The van der Waals surface area contributed by atoms with E-state index >= 15 is 0 Å². The third kappa shape index (κ3) is 3.15. The summed E-state index contributed by atoms with van der Waals surface area (Å²) in [6.07, 6.45) is 6.47. The standard InChI is InChI=1S/C17H26N2O/c1-13(12-14-5-7-15(20)8-6-14)18-16-9-11-19-10-3-2-4-17(16)19/h5-8,13,16-18,20H,2-4,9-12H2,1H3. The monoisotopic (exact) mass is 274 g/mol. The van der Waals surface area contributed by atoms with Gasteiger partial charge in [0, 0.05) is 24.7 Å². The molecule has 1 aromatic carbocycles. The number of phenols is 1. The quantitative estimate of drug-likeness (QED) is 0.885. The third-order valence-corrected chi connectivity index (χ3v) is 4.83. The van der Waals surface area contributed by atoms with Crippen LogP contribution in [0, 0.1) is 0 Å². The van der Waals surface area contributed by atoms with Crippen LogP contribution in [-0.2, 0) is 6.42 Å². The van der Waals surface area contributed by atoms with E-state index in [0.717, 1.165) is 12.5 Å². The topological polar surface area (TPSA) is 35.5 Å². The molecule has 2 N–H and O–H groups in total. The average molecular weight is 274 g/mol. The summed E-state index contributed by atoms with van der Waals surface area (Å²) in [5.41, 5.74) is 1.29. The third-order valence-electron chi connectivity index (χ3n) is 4.83. The molecule has 3 unspecified atom stereocenters. The van der Waals surface area contributed by atoms with Gasteiger partial charge in [-0.1, -0.05) is 18.6 Å². The number of hydrogen-bond donors (Lipinski definition) is 2. The SMILES string of the molecule is CC(Cc1ccc(O)cc1)NC1CCN2CCCCC12. The molecule has 0 aromatic heterocycles. The zero-order valence-electron chi connectivity index (χ0n) is 12.4. The molecule has 0 radical (unpaired) electrons. The van der Waals surface area contributed by atoms with Gasteiger partial charge in [-0.2, -0.15) is 0 Å². The number of aromatic hydroxyl groups is 1. The van der Waals surface area contributed by atoms with Crippen molar-refractivity contribution in [1.82, 2.24) is 10.2 Å². The van der Waals surface area contributed by atoms with Gasteiger partial charge in [0.15, 0.2) is 0 Å². The zero-order chi connectivity index (χ0) is 13.9. The number of piperidine rings is 1. The van der Waals surface area contributed by atoms with E-state index in [-0.39, 0.29) is 0 Å². The van der Waals surface area contributed by atoms with Gasteiger partial charge in [-0.15, -0.1) is 0 Å². The molecular formula is C17H26N2O. The number of rotatable bonds is 4. The van der Waals surface area contributed by atoms with Crippen molar-refractivity contribution in [2.75, 3.05) is 13.1 Å². The molecule has 3 heteroatoms. The second kappa shape index (κ2) is 6.15. The summed E-state index contributed by atoms with van der Waals surface area (Å²) in [5, 5.41) is 13.2. The maximum atomic E-state index is 9.33. The summed E-state index contributed by atoms with van der Waals surface area (Å²) in [6, 6.07) is 9.53. The first kappa shape index (κ1) is 13.9. The normalized spacial score (nSPS) is 28.2. The van der Waals surface area contributed by atoms with Gasteiger partial charge < -0.3 is 10.4 Å². The van der Waals surface area contributed by atoms with Crippen molar-refractivity contribution in [2.24, 2.45) is 0 Å². The Hall–Kier alpha value is -1.06.